The molecular weight excluding hydrogens is 462 g/mol. The van der Waals surface area contributed by atoms with Crippen LogP contribution in [0.5, 0.6) is 5.75 Å². The van der Waals surface area contributed by atoms with Crippen LogP contribution in [0, 0.1) is 6.92 Å². The van der Waals surface area contributed by atoms with E-state index in [-0.39, 0.29) is 0 Å². The quantitative estimate of drug-likeness (QED) is 0.129. The number of hydrogen-bond acceptors (Lipinski definition) is 4. The van der Waals surface area contributed by atoms with E-state index in [1.165, 1.54) is 38.5 Å². The van der Waals surface area contributed by atoms with E-state index in [0.717, 1.165) is 54.2 Å². The van der Waals surface area contributed by atoms with Gasteiger partial charge in [0, 0.05) is 11.4 Å². The Bertz CT molecular complexity index is 1120. The lowest BCUT2D eigenvalue weighted by molar-refractivity contribution is 0.0523. The number of esters is 1. The Balaban J connectivity index is 1.72. The second-order valence-electron chi connectivity index (χ2n) is 9.55. The van der Waals surface area contributed by atoms with Crippen LogP contribution in [-0.4, -0.2) is 34.9 Å². The molecule has 0 saturated carbocycles. The standard InChI is InChI=1S/C31H43N3O3/c1-5-8-9-10-11-12-13-14-15-16-24-18-19-25(33-24)22-27-30(37-21-6-2)28(31(35)36-7-3)29(34-27)26-20-17-23(4)32-26/h5,17-20,22,32,34H,1,6-16,21H2,2-4H3. The van der Waals surface area contributed by atoms with Gasteiger partial charge in [0.1, 0.15) is 5.56 Å². The first-order valence-corrected chi connectivity index (χ1v) is 13.9. The van der Waals surface area contributed by atoms with E-state index in [9.17, 15) is 4.79 Å². The van der Waals surface area contributed by atoms with Crippen molar-refractivity contribution in [3.05, 3.63) is 59.6 Å². The van der Waals surface area contributed by atoms with Gasteiger partial charge in [-0.3, -0.25) is 4.99 Å². The van der Waals surface area contributed by atoms with Crippen LogP contribution in [-0.2, 0) is 4.74 Å². The zero-order valence-electron chi connectivity index (χ0n) is 22.8. The van der Waals surface area contributed by atoms with Gasteiger partial charge in [0.05, 0.1) is 36.0 Å². The number of unbranched alkanes of at least 4 members (excludes halogenated alkanes) is 7. The van der Waals surface area contributed by atoms with E-state index in [1.807, 2.05) is 51.1 Å². The van der Waals surface area contributed by atoms with Crippen molar-refractivity contribution in [3.63, 3.8) is 0 Å². The smallest absolute Gasteiger partial charge is 0.344 e. The number of rotatable bonds is 17. The molecule has 6 heteroatoms. The fraction of sp³-hybridized carbons (Fsp3) is 0.484. The Morgan fingerprint density at radius 3 is 2.46 bits per heavy atom. The molecule has 0 fully saturated rings. The van der Waals surface area contributed by atoms with Gasteiger partial charge in [-0.25, -0.2) is 4.79 Å². The predicted octanol–water partition coefficient (Wildman–Crippen LogP) is 8.33. The van der Waals surface area contributed by atoms with E-state index in [2.05, 4.69) is 22.6 Å². The summed E-state index contributed by atoms with van der Waals surface area (Å²) in [5.41, 5.74) is 5.59. The third kappa shape index (κ3) is 8.38. The van der Waals surface area contributed by atoms with Gasteiger partial charge in [-0.2, -0.15) is 0 Å². The number of hydrogen-bond donors (Lipinski definition) is 2. The summed E-state index contributed by atoms with van der Waals surface area (Å²) in [4.78, 5) is 24.5. The fourth-order valence-corrected chi connectivity index (χ4v) is 4.48. The monoisotopic (exact) mass is 505 g/mol. The summed E-state index contributed by atoms with van der Waals surface area (Å²) in [6.45, 7) is 10.4. The van der Waals surface area contributed by atoms with Crippen molar-refractivity contribution >= 4 is 17.8 Å². The first-order chi connectivity index (χ1) is 18.1. The number of aromatic nitrogens is 2. The molecular formula is C31H43N3O3. The van der Waals surface area contributed by atoms with E-state index in [4.69, 9.17) is 14.5 Å². The molecule has 2 aromatic heterocycles. The molecule has 0 bridgehead atoms. The second-order valence-corrected chi connectivity index (χ2v) is 9.55. The molecule has 3 rings (SSSR count). The number of nitrogens with zero attached hydrogens (tertiary/aromatic N) is 1. The minimum absolute atomic E-state index is 0.294. The third-order valence-corrected chi connectivity index (χ3v) is 6.37. The predicted molar refractivity (Wildman–Crippen MR) is 153 cm³/mol. The Hall–Kier alpha value is -3.28. The Kier molecular flexibility index (Phi) is 11.5. The van der Waals surface area contributed by atoms with Gasteiger partial charge < -0.3 is 19.4 Å². The highest BCUT2D eigenvalue weighted by atomic mass is 16.5. The highest BCUT2D eigenvalue weighted by Gasteiger charge is 2.27. The molecule has 0 atom stereocenters. The van der Waals surface area contributed by atoms with Crippen LogP contribution in [0.2, 0.25) is 0 Å². The Morgan fingerprint density at radius 2 is 1.78 bits per heavy atom. The Morgan fingerprint density at radius 1 is 1.03 bits per heavy atom. The van der Waals surface area contributed by atoms with Crippen molar-refractivity contribution in [3.8, 4) is 17.1 Å². The van der Waals surface area contributed by atoms with Crippen molar-refractivity contribution in [2.24, 2.45) is 4.99 Å². The molecule has 0 unspecified atom stereocenters. The zero-order chi connectivity index (χ0) is 26.5. The maximum atomic E-state index is 13.0. The molecule has 0 saturated heterocycles. The van der Waals surface area contributed by atoms with Crippen LogP contribution in [0.3, 0.4) is 0 Å². The molecule has 1 aliphatic rings. The van der Waals surface area contributed by atoms with Crippen LogP contribution >= 0.6 is 0 Å². The zero-order valence-corrected chi connectivity index (χ0v) is 22.8. The lowest BCUT2D eigenvalue weighted by atomic mass is 10.1. The highest BCUT2D eigenvalue weighted by molar-refractivity contribution is 6.02. The van der Waals surface area contributed by atoms with Crippen molar-refractivity contribution < 1.29 is 14.3 Å². The minimum atomic E-state index is -0.399. The Labute approximate surface area is 222 Å². The summed E-state index contributed by atoms with van der Waals surface area (Å²) in [7, 11) is 0. The lowest BCUT2D eigenvalue weighted by Crippen LogP contribution is -2.08. The summed E-state index contributed by atoms with van der Waals surface area (Å²) >= 11 is 0. The molecule has 0 aromatic carbocycles. The summed E-state index contributed by atoms with van der Waals surface area (Å²) < 4.78 is 11.5. The van der Waals surface area contributed by atoms with Gasteiger partial charge in [-0.1, -0.05) is 45.1 Å². The average molecular weight is 506 g/mol. The molecule has 0 spiro atoms. The minimum Gasteiger partial charge on any atom is -0.490 e. The van der Waals surface area contributed by atoms with E-state index < -0.39 is 5.97 Å². The number of aromatic amines is 2. The maximum Gasteiger partial charge on any atom is 0.344 e. The number of carbonyl (C=O) groups is 1. The van der Waals surface area contributed by atoms with Crippen LogP contribution in [0.15, 0.2) is 47.6 Å². The molecule has 0 amide bonds. The second kappa shape index (κ2) is 15.1. The van der Waals surface area contributed by atoms with Gasteiger partial charge in [-0.05, 0) is 76.3 Å². The topological polar surface area (TPSA) is 79.5 Å². The molecule has 1 aliphatic heterocycles. The molecule has 3 heterocycles. The number of ether oxygens (including phenoxy) is 2. The molecule has 6 nitrogen and oxygen atoms in total. The van der Waals surface area contributed by atoms with E-state index >= 15 is 0 Å². The van der Waals surface area contributed by atoms with Crippen molar-refractivity contribution in [1.29, 1.82) is 0 Å². The summed E-state index contributed by atoms with van der Waals surface area (Å²) in [5.74, 6) is 0.115. The summed E-state index contributed by atoms with van der Waals surface area (Å²) in [6, 6.07) is 3.94. The van der Waals surface area contributed by atoms with Gasteiger partial charge in [-0.15, -0.1) is 6.58 Å². The van der Waals surface area contributed by atoms with Crippen LogP contribution in [0.1, 0.15) is 99.8 Å². The molecule has 200 valence electrons. The molecule has 0 aliphatic carbocycles. The first kappa shape index (κ1) is 28.3. The number of aliphatic imine (C=N–C) groups is 1. The highest BCUT2D eigenvalue weighted by Crippen LogP contribution is 2.36. The number of allylic oxidation sites excluding steroid dienone is 3. The number of nitrogens with one attached hydrogen (secondary N) is 2. The average Bonchev–Trinajstić information content (AvgIpc) is 3.61. The van der Waals surface area contributed by atoms with Gasteiger partial charge in [0.25, 0.3) is 0 Å². The van der Waals surface area contributed by atoms with E-state index in [1.54, 1.807) is 0 Å². The SMILES string of the molecule is C=CCCCCCCCCCC1=NC(=Cc2[nH]c(-c3ccc(C)[nH]3)c(C(=O)OCC)c2OCCC)C=C1. The van der Waals surface area contributed by atoms with Crippen LogP contribution < -0.4 is 4.74 Å². The van der Waals surface area contributed by atoms with Crippen molar-refractivity contribution in [1.82, 2.24) is 9.97 Å². The third-order valence-electron chi connectivity index (χ3n) is 6.37. The summed E-state index contributed by atoms with van der Waals surface area (Å²) in [6.07, 6.45) is 19.9. The van der Waals surface area contributed by atoms with Crippen LogP contribution in [0.25, 0.3) is 17.5 Å². The number of aryl methyl sites for hydroxylation is 1. The lowest BCUT2D eigenvalue weighted by Gasteiger charge is -2.08. The van der Waals surface area contributed by atoms with E-state index in [0.29, 0.717) is 30.2 Å². The fourth-order valence-electron chi connectivity index (χ4n) is 4.48. The normalized spacial score (nSPS) is 13.8. The van der Waals surface area contributed by atoms with Gasteiger partial charge in [0.15, 0.2) is 5.75 Å². The molecule has 37 heavy (non-hydrogen) atoms. The van der Waals surface area contributed by atoms with Gasteiger partial charge >= 0.3 is 5.97 Å². The molecule has 2 aromatic rings. The largest absolute Gasteiger partial charge is 0.490 e. The van der Waals surface area contributed by atoms with Crippen molar-refractivity contribution in [2.45, 2.75) is 85.0 Å². The molecule has 0 radical (unpaired) electrons. The first-order valence-electron chi connectivity index (χ1n) is 13.9. The molecule has 2 N–H and O–H groups in total. The summed E-state index contributed by atoms with van der Waals surface area (Å²) in [5, 5.41) is 0. The number of H-pyrrole nitrogens is 2. The van der Waals surface area contributed by atoms with Crippen LogP contribution in [0.4, 0.5) is 0 Å². The number of carbonyl (C=O) groups excluding carboxylic acids is 1. The maximum absolute atomic E-state index is 13.0. The van der Waals surface area contributed by atoms with Crippen molar-refractivity contribution in [2.75, 3.05) is 13.2 Å². The van der Waals surface area contributed by atoms with Gasteiger partial charge in [0.2, 0.25) is 0 Å².